The van der Waals surface area contributed by atoms with Gasteiger partial charge in [-0.1, -0.05) is 142 Å². The van der Waals surface area contributed by atoms with Crippen LogP contribution in [0.4, 0.5) is 0 Å². The van der Waals surface area contributed by atoms with Gasteiger partial charge in [-0.15, -0.1) is 0 Å². The zero-order valence-electron chi connectivity index (χ0n) is 35.3. The molecule has 0 radical (unpaired) electrons. The van der Waals surface area contributed by atoms with Gasteiger partial charge in [0.15, 0.2) is 10.9 Å². The van der Waals surface area contributed by atoms with E-state index in [9.17, 15) is 9.59 Å². The van der Waals surface area contributed by atoms with E-state index in [2.05, 4.69) is 157 Å². The normalized spacial score (nSPS) is 12.8. The van der Waals surface area contributed by atoms with Crippen molar-refractivity contribution in [2.24, 2.45) is 0 Å². The standard InChI is InChI=1S/C53H51N3O2/c1-30(2)36-18-14-19-37(31(3)4)46(36)56-48-38(20-15-21-43(48)54-51(56)32-16-12-11-13-17-32)33-26-41-47-42(27-33)50(58)40-25-23-35(53(8,9)10)29-45(40)55(47)44-28-34(52(5,6)7)22-24-39(44)49(41)57/h11-31H,1-10H3. The van der Waals surface area contributed by atoms with Crippen molar-refractivity contribution in [2.75, 3.05) is 0 Å². The molecule has 0 atom stereocenters. The molecule has 9 rings (SSSR count). The van der Waals surface area contributed by atoms with Crippen LogP contribution in [0.15, 0.2) is 125 Å². The summed E-state index contributed by atoms with van der Waals surface area (Å²) in [5, 5.41) is 2.32. The van der Waals surface area contributed by atoms with Gasteiger partial charge in [0, 0.05) is 32.7 Å². The molecule has 5 nitrogen and oxygen atoms in total. The Kier molecular flexibility index (Phi) is 8.56. The van der Waals surface area contributed by atoms with E-state index in [0.717, 1.165) is 61.4 Å². The molecule has 9 aromatic rings. The number of aromatic nitrogens is 3. The Morgan fingerprint density at radius 1 is 0.517 bits per heavy atom. The summed E-state index contributed by atoms with van der Waals surface area (Å²) in [5.74, 6) is 1.34. The van der Waals surface area contributed by atoms with E-state index >= 15 is 0 Å². The van der Waals surface area contributed by atoms with Crippen molar-refractivity contribution in [1.82, 2.24) is 14.0 Å². The van der Waals surface area contributed by atoms with E-state index in [1.54, 1.807) is 0 Å². The average Bonchev–Trinajstić information content (AvgIpc) is 3.59. The SMILES string of the molecule is CC(C)c1cccc(C(C)C)c1-n1c(-c2ccccc2)nc2cccc(-c3cc4c(=O)c5ccc(C(C)(C)C)cc5n5c6cc(C(C)(C)C)ccc6c(=O)c(c3)c45)c21. The van der Waals surface area contributed by atoms with Crippen molar-refractivity contribution in [1.29, 1.82) is 0 Å². The van der Waals surface area contributed by atoms with E-state index in [-0.39, 0.29) is 33.5 Å². The van der Waals surface area contributed by atoms with Crippen LogP contribution >= 0.6 is 0 Å². The van der Waals surface area contributed by atoms with Gasteiger partial charge in [0.05, 0.1) is 33.3 Å². The summed E-state index contributed by atoms with van der Waals surface area (Å²) in [4.78, 5) is 35.3. The van der Waals surface area contributed by atoms with Crippen LogP contribution in [-0.4, -0.2) is 14.0 Å². The molecule has 290 valence electrons. The maximum atomic E-state index is 15.0. The predicted molar refractivity (Wildman–Crippen MR) is 245 cm³/mol. The first-order valence-corrected chi connectivity index (χ1v) is 20.6. The number of pyridine rings is 2. The Morgan fingerprint density at radius 3 is 1.53 bits per heavy atom. The molecule has 0 saturated carbocycles. The maximum Gasteiger partial charge on any atom is 0.197 e. The molecule has 6 aromatic carbocycles. The summed E-state index contributed by atoms with van der Waals surface area (Å²) in [7, 11) is 0. The zero-order valence-corrected chi connectivity index (χ0v) is 35.3. The summed E-state index contributed by atoms with van der Waals surface area (Å²) < 4.78 is 4.54. The van der Waals surface area contributed by atoms with Crippen molar-refractivity contribution in [3.8, 4) is 28.2 Å². The second-order valence-corrected chi connectivity index (χ2v) is 18.8. The monoisotopic (exact) mass is 761 g/mol. The number of hydrogen-bond donors (Lipinski definition) is 0. The van der Waals surface area contributed by atoms with Crippen LogP contribution in [0.5, 0.6) is 0 Å². The molecule has 0 fully saturated rings. The van der Waals surface area contributed by atoms with Gasteiger partial charge in [0.2, 0.25) is 0 Å². The van der Waals surface area contributed by atoms with Crippen LogP contribution in [0.1, 0.15) is 103 Å². The molecular weight excluding hydrogens is 711 g/mol. The molecular formula is C53H51N3O2. The second-order valence-electron chi connectivity index (χ2n) is 18.8. The molecule has 0 saturated heterocycles. The van der Waals surface area contributed by atoms with Crippen LogP contribution in [0.25, 0.3) is 77.3 Å². The molecule has 0 bridgehead atoms. The first-order valence-electron chi connectivity index (χ1n) is 20.6. The van der Waals surface area contributed by atoms with Crippen molar-refractivity contribution in [3.05, 3.63) is 158 Å². The van der Waals surface area contributed by atoms with E-state index in [4.69, 9.17) is 4.98 Å². The quantitative estimate of drug-likeness (QED) is 0.130. The summed E-state index contributed by atoms with van der Waals surface area (Å²) in [6.07, 6.45) is 0. The number of imidazole rings is 1. The number of hydrogen-bond acceptors (Lipinski definition) is 3. The Hall–Kier alpha value is -6.07. The van der Waals surface area contributed by atoms with Crippen molar-refractivity contribution >= 4 is 49.1 Å². The number of para-hydroxylation sites is 2. The fourth-order valence-electron chi connectivity index (χ4n) is 8.92. The molecule has 0 aliphatic rings. The van der Waals surface area contributed by atoms with Crippen LogP contribution in [-0.2, 0) is 10.8 Å². The summed E-state index contributed by atoms with van der Waals surface area (Å²) in [6, 6.07) is 39.7. The number of nitrogens with zero attached hydrogens (tertiary/aromatic N) is 3. The lowest BCUT2D eigenvalue weighted by Crippen LogP contribution is -2.17. The fourth-order valence-corrected chi connectivity index (χ4v) is 8.92. The lowest BCUT2D eigenvalue weighted by Gasteiger charge is -2.24. The highest BCUT2D eigenvalue weighted by Crippen LogP contribution is 2.42. The molecule has 0 aliphatic heterocycles. The molecule has 0 unspecified atom stereocenters. The minimum atomic E-state index is -0.142. The maximum absolute atomic E-state index is 15.0. The van der Waals surface area contributed by atoms with Crippen LogP contribution in [0.2, 0.25) is 0 Å². The minimum Gasteiger partial charge on any atom is -0.307 e. The fraction of sp³-hybridized carbons (Fsp3) is 0.264. The van der Waals surface area contributed by atoms with E-state index in [1.165, 1.54) is 11.1 Å². The highest BCUT2D eigenvalue weighted by Gasteiger charge is 2.27. The highest BCUT2D eigenvalue weighted by molar-refractivity contribution is 6.11. The molecule has 3 aromatic heterocycles. The molecule has 0 amide bonds. The van der Waals surface area contributed by atoms with Gasteiger partial charge in [-0.25, -0.2) is 4.98 Å². The molecule has 5 heteroatoms. The highest BCUT2D eigenvalue weighted by atomic mass is 16.1. The first kappa shape index (κ1) is 37.5. The third kappa shape index (κ3) is 5.77. The average molecular weight is 762 g/mol. The number of fused-ring (bicyclic) bond motifs is 5. The van der Waals surface area contributed by atoms with Gasteiger partial charge in [0.25, 0.3) is 0 Å². The second kappa shape index (κ2) is 13.2. The topological polar surface area (TPSA) is 56.4 Å². The lowest BCUT2D eigenvalue weighted by molar-refractivity contribution is 0.591. The van der Waals surface area contributed by atoms with Gasteiger partial charge >= 0.3 is 0 Å². The zero-order chi connectivity index (χ0) is 41.0. The minimum absolute atomic E-state index is 0.0778. The Labute approximate surface area is 340 Å². The van der Waals surface area contributed by atoms with Gasteiger partial charge in [-0.05, 0) is 92.9 Å². The van der Waals surface area contributed by atoms with Gasteiger partial charge in [-0.2, -0.15) is 0 Å². The van der Waals surface area contributed by atoms with Crippen LogP contribution in [0, 0.1) is 0 Å². The van der Waals surface area contributed by atoms with E-state index in [1.807, 2.05) is 36.4 Å². The summed E-state index contributed by atoms with van der Waals surface area (Å²) in [6.45, 7) is 22.1. The van der Waals surface area contributed by atoms with Gasteiger partial charge in [-0.3, -0.25) is 14.2 Å². The van der Waals surface area contributed by atoms with Crippen molar-refractivity contribution < 1.29 is 0 Å². The Morgan fingerprint density at radius 2 is 1.03 bits per heavy atom. The molecule has 0 spiro atoms. The summed E-state index contributed by atoms with van der Waals surface area (Å²) in [5.41, 5.74) is 12.2. The molecule has 3 heterocycles. The van der Waals surface area contributed by atoms with Gasteiger partial charge < -0.3 is 4.40 Å². The van der Waals surface area contributed by atoms with Crippen LogP contribution in [0.3, 0.4) is 0 Å². The molecule has 0 aliphatic carbocycles. The number of rotatable bonds is 5. The van der Waals surface area contributed by atoms with E-state index < -0.39 is 0 Å². The third-order valence-corrected chi connectivity index (χ3v) is 12.1. The Bertz CT molecular complexity index is 3080. The molecule has 58 heavy (non-hydrogen) atoms. The number of benzene rings is 6. The summed E-state index contributed by atoms with van der Waals surface area (Å²) >= 11 is 0. The smallest absolute Gasteiger partial charge is 0.197 e. The largest absolute Gasteiger partial charge is 0.307 e. The first-order chi connectivity index (χ1) is 27.5. The molecule has 0 N–H and O–H groups in total. The third-order valence-electron chi connectivity index (χ3n) is 12.1. The van der Waals surface area contributed by atoms with Gasteiger partial charge in [0.1, 0.15) is 5.82 Å². The predicted octanol–water partition coefficient (Wildman–Crippen LogP) is 13.1. The van der Waals surface area contributed by atoms with Crippen molar-refractivity contribution in [2.45, 2.75) is 91.9 Å². The lowest BCUT2D eigenvalue weighted by atomic mass is 9.85. The van der Waals surface area contributed by atoms with E-state index in [0.29, 0.717) is 27.1 Å². The Balaban J connectivity index is 1.47. The van der Waals surface area contributed by atoms with Crippen molar-refractivity contribution in [3.63, 3.8) is 0 Å². The van der Waals surface area contributed by atoms with Crippen LogP contribution < -0.4 is 10.9 Å².